The fourth-order valence-electron chi connectivity index (χ4n) is 4.02. The highest BCUT2D eigenvalue weighted by Gasteiger charge is 2.53. The molecule has 16 nitrogen and oxygen atoms in total. The number of hydrogen-bond acceptors (Lipinski definition) is 16. The minimum absolute atomic E-state index is 0.734. The van der Waals surface area contributed by atoms with Gasteiger partial charge in [0, 0.05) is 0 Å². The Kier molecular flexibility index (Phi) is 9.54. The maximum Gasteiger partial charge on any atom is 0.187 e. The number of ether oxygens (including phenoxy) is 5. The molecule has 0 bridgehead atoms. The molecule has 3 aliphatic rings. The van der Waals surface area contributed by atoms with Crippen LogP contribution in [0.2, 0.25) is 0 Å². The third-order valence-electron chi connectivity index (χ3n) is 6.10. The molecule has 0 aromatic heterocycles. The van der Waals surface area contributed by atoms with E-state index < -0.39 is 112 Å². The molecule has 34 heavy (non-hydrogen) atoms. The molecule has 0 aromatic rings. The van der Waals surface area contributed by atoms with Crippen LogP contribution in [0, 0.1) is 0 Å². The quantitative estimate of drug-likeness (QED) is 0.154. The molecule has 0 radical (unpaired) electrons. The zero-order valence-corrected chi connectivity index (χ0v) is 17.7. The lowest BCUT2D eigenvalue weighted by Gasteiger charge is -2.48. The van der Waals surface area contributed by atoms with Crippen molar-refractivity contribution in [2.75, 3.05) is 19.8 Å². The van der Waals surface area contributed by atoms with Crippen LogP contribution in [0.3, 0.4) is 0 Å². The van der Waals surface area contributed by atoms with Gasteiger partial charge in [-0.3, -0.25) is 0 Å². The van der Waals surface area contributed by atoms with Gasteiger partial charge in [-0.15, -0.1) is 0 Å². The summed E-state index contributed by atoms with van der Waals surface area (Å²) in [4.78, 5) is 0. The van der Waals surface area contributed by atoms with Gasteiger partial charge < -0.3 is 79.9 Å². The molecule has 3 rings (SSSR count). The van der Waals surface area contributed by atoms with E-state index in [1.165, 1.54) is 0 Å². The van der Waals surface area contributed by atoms with E-state index in [9.17, 15) is 56.2 Å². The standard InChI is InChI=1S/C18H32O16/c19-1-4-8(23)11(26)14(16(29)30-4)33-18-15(12(27)9(24)6(3-21)32-18)34-17-13(28)10(25)7(22)5(2-20)31-17/h4-29H,1-3H2/t4-,5-,6-,7+,8+,9+,10+,11+,12+,13-,14-,15-,16?,17-,18-/m1/s1. The fraction of sp³-hybridized carbons (Fsp3) is 1.00. The first kappa shape index (κ1) is 27.9. The average Bonchev–Trinajstić information content (AvgIpc) is 2.83. The molecule has 16 heteroatoms. The second kappa shape index (κ2) is 11.6. The second-order valence-electron chi connectivity index (χ2n) is 8.33. The van der Waals surface area contributed by atoms with Crippen molar-refractivity contribution in [3.8, 4) is 0 Å². The number of hydrogen-bond donors (Lipinski definition) is 11. The molecule has 3 fully saturated rings. The molecular weight excluding hydrogens is 472 g/mol. The normalized spacial score (nSPS) is 52.5. The topological polar surface area (TPSA) is 269 Å². The number of aliphatic hydroxyl groups is 11. The smallest absolute Gasteiger partial charge is 0.187 e. The number of aliphatic hydroxyl groups excluding tert-OH is 11. The third-order valence-corrected chi connectivity index (χ3v) is 6.10. The molecule has 3 heterocycles. The second-order valence-corrected chi connectivity index (χ2v) is 8.33. The van der Waals surface area contributed by atoms with Crippen LogP contribution in [0.1, 0.15) is 0 Å². The van der Waals surface area contributed by atoms with Crippen molar-refractivity contribution < 1.29 is 79.9 Å². The van der Waals surface area contributed by atoms with Crippen LogP contribution in [-0.4, -0.2) is 168 Å². The molecular formula is C18H32O16. The highest BCUT2D eigenvalue weighted by molar-refractivity contribution is 4.95. The van der Waals surface area contributed by atoms with E-state index in [0.29, 0.717) is 0 Å². The maximum atomic E-state index is 10.6. The molecule has 0 aliphatic carbocycles. The predicted molar refractivity (Wildman–Crippen MR) is 101 cm³/mol. The van der Waals surface area contributed by atoms with Crippen molar-refractivity contribution in [2.24, 2.45) is 0 Å². The SMILES string of the molecule is OC[C@H]1O[C@H](O[C@H]2[C@@H](O[C@H]3C(O)O[C@H](CO)[C@H](O)[C@@H]3O)O[C@H](CO)[C@H](O)[C@@H]2O)[C@H](O)[C@@H](O)[C@H]1O. The first-order valence-corrected chi connectivity index (χ1v) is 10.6. The fourth-order valence-corrected chi connectivity index (χ4v) is 4.02. The van der Waals surface area contributed by atoms with E-state index in [1.54, 1.807) is 0 Å². The summed E-state index contributed by atoms with van der Waals surface area (Å²) in [6.07, 6.45) is -25.7. The van der Waals surface area contributed by atoms with Crippen molar-refractivity contribution in [1.82, 2.24) is 0 Å². The van der Waals surface area contributed by atoms with Crippen molar-refractivity contribution in [1.29, 1.82) is 0 Å². The van der Waals surface area contributed by atoms with Crippen molar-refractivity contribution in [3.63, 3.8) is 0 Å². The van der Waals surface area contributed by atoms with Crippen LogP contribution in [0.4, 0.5) is 0 Å². The maximum absolute atomic E-state index is 10.6. The Hall–Kier alpha value is -0.640. The molecule has 0 aromatic carbocycles. The van der Waals surface area contributed by atoms with Gasteiger partial charge in [-0.05, 0) is 0 Å². The highest BCUT2D eigenvalue weighted by atomic mass is 16.8. The van der Waals surface area contributed by atoms with Gasteiger partial charge in [0.25, 0.3) is 0 Å². The predicted octanol–water partition coefficient (Wildman–Crippen LogP) is -7.57. The molecule has 200 valence electrons. The summed E-state index contributed by atoms with van der Waals surface area (Å²) in [6, 6.07) is 0. The highest BCUT2D eigenvalue weighted by Crippen LogP contribution is 2.32. The van der Waals surface area contributed by atoms with E-state index in [2.05, 4.69) is 0 Å². The van der Waals surface area contributed by atoms with Gasteiger partial charge in [0.05, 0.1) is 19.8 Å². The Bertz CT molecular complexity index is 639. The van der Waals surface area contributed by atoms with E-state index >= 15 is 0 Å². The summed E-state index contributed by atoms with van der Waals surface area (Å²) in [5.74, 6) is 0. The monoisotopic (exact) mass is 504 g/mol. The Balaban J connectivity index is 1.82. The first-order valence-electron chi connectivity index (χ1n) is 10.6. The largest absolute Gasteiger partial charge is 0.394 e. The minimum Gasteiger partial charge on any atom is -0.394 e. The van der Waals surface area contributed by atoms with Gasteiger partial charge in [-0.1, -0.05) is 0 Å². The summed E-state index contributed by atoms with van der Waals surface area (Å²) >= 11 is 0. The lowest BCUT2D eigenvalue weighted by Crippen LogP contribution is -2.66. The van der Waals surface area contributed by atoms with E-state index in [-0.39, 0.29) is 0 Å². The van der Waals surface area contributed by atoms with E-state index in [4.69, 9.17) is 23.7 Å². The summed E-state index contributed by atoms with van der Waals surface area (Å²) in [6.45, 7) is -2.31. The van der Waals surface area contributed by atoms with Gasteiger partial charge in [0.15, 0.2) is 18.9 Å². The van der Waals surface area contributed by atoms with Gasteiger partial charge in [0.1, 0.15) is 73.2 Å². The lowest BCUT2D eigenvalue weighted by molar-refractivity contribution is -0.391. The molecule has 0 saturated carbocycles. The number of rotatable bonds is 7. The van der Waals surface area contributed by atoms with E-state index in [1.807, 2.05) is 0 Å². The molecule has 3 aliphatic heterocycles. The van der Waals surface area contributed by atoms with Crippen molar-refractivity contribution >= 4 is 0 Å². The zero-order valence-electron chi connectivity index (χ0n) is 17.7. The van der Waals surface area contributed by atoms with E-state index in [0.717, 1.165) is 0 Å². The summed E-state index contributed by atoms with van der Waals surface area (Å²) in [5.41, 5.74) is 0. The van der Waals surface area contributed by atoms with Crippen LogP contribution in [0.15, 0.2) is 0 Å². The van der Waals surface area contributed by atoms with Gasteiger partial charge in [-0.25, -0.2) is 0 Å². The molecule has 0 amide bonds. The summed E-state index contributed by atoms with van der Waals surface area (Å²) in [7, 11) is 0. The van der Waals surface area contributed by atoms with Gasteiger partial charge in [-0.2, -0.15) is 0 Å². The third kappa shape index (κ3) is 5.37. The van der Waals surface area contributed by atoms with Gasteiger partial charge in [0.2, 0.25) is 0 Å². The van der Waals surface area contributed by atoms with Gasteiger partial charge >= 0.3 is 0 Å². The molecule has 1 unspecified atom stereocenters. The van der Waals surface area contributed by atoms with Crippen LogP contribution in [0.25, 0.3) is 0 Å². The Morgan fingerprint density at radius 1 is 0.441 bits per heavy atom. The summed E-state index contributed by atoms with van der Waals surface area (Å²) < 4.78 is 26.5. The zero-order chi connectivity index (χ0) is 25.3. The average molecular weight is 504 g/mol. The van der Waals surface area contributed by atoms with Crippen LogP contribution in [0.5, 0.6) is 0 Å². The molecule has 0 spiro atoms. The molecule has 11 N–H and O–H groups in total. The van der Waals surface area contributed by atoms with Crippen molar-refractivity contribution in [3.05, 3.63) is 0 Å². The Morgan fingerprint density at radius 3 is 1.38 bits per heavy atom. The lowest BCUT2D eigenvalue weighted by atomic mass is 9.96. The Labute approximate surface area is 192 Å². The minimum atomic E-state index is -1.90. The Morgan fingerprint density at radius 2 is 0.853 bits per heavy atom. The van der Waals surface area contributed by atoms with Crippen LogP contribution >= 0.6 is 0 Å². The first-order chi connectivity index (χ1) is 16.0. The van der Waals surface area contributed by atoms with Crippen LogP contribution in [-0.2, 0) is 23.7 Å². The molecule has 15 atom stereocenters. The molecule has 3 saturated heterocycles. The summed E-state index contributed by atoms with van der Waals surface area (Å²) in [5, 5.41) is 109. The van der Waals surface area contributed by atoms with Crippen LogP contribution < -0.4 is 0 Å². The van der Waals surface area contributed by atoms with Crippen molar-refractivity contribution in [2.45, 2.75) is 92.1 Å².